The molecule has 24 heavy (non-hydrogen) atoms. The topological polar surface area (TPSA) is 110 Å². The molecule has 0 spiro atoms. The lowest BCUT2D eigenvalue weighted by atomic mass is 10.2. The molecular formula is C16H20Cl2N4O2. The number of benzene rings is 2. The second kappa shape index (κ2) is 10.4. The van der Waals surface area contributed by atoms with E-state index < -0.39 is 0 Å². The predicted molar refractivity (Wildman–Crippen MR) is 103 cm³/mol. The Kier molecular flexibility index (Phi) is 9.30. The van der Waals surface area contributed by atoms with Crippen LogP contribution in [0.5, 0.6) is 0 Å². The third-order valence-corrected chi connectivity index (χ3v) is 2.97. The number of carbonyl (C=O) groups is 2. The van der Waals surface area contributed by atoms with E-state index in [9.17, 15) is 9.59 Å². The van der Waals surface area contributed by atoms with E-state index >= 15 is 0 Å². The van der Waals surface area contributed by atoms with Crippen LogP contribution in [0, 0.1) is 0 Å². The normalized spacial score (nSPS) is 9.17. The van der Waals surface area contributed by atoms with Gasteiger partial charge in [-0.3, -0.25) is 9.59 Å². The number of nitrogens with two attached hydrogens (primary N) is 2. The fourth-order valence-corrected chi connectivity index (χ4v) is 1.81. The van der Waals surface area contributed by atoms with E-state index in [2.05, 4.69) is 10.6 Å². The summed E-state index contributed by atoms with van der Waals surface area (Å²) >= 11 is 0. The SMILES string of the molecule is Cl.Cl.Nc1ccc(NC(=O)CCC(=O)Nc2ccc(N)cc2)cc1. The van der Waals surface area contributed by atoms with Gasteiger partial charge in [-0.1, -0.05) is 0 Å². The molecule has 130 valence electrons. The molecule has 6 nitrogen and oxygen atoms in total. The van der Waals surface area contributed by atoms with Gasteiger partial charge in [0.15, 0.2) is 0 Å². The fourth-order valence-electron chi connectivity index (χ4n) is 1.81. The Morgan fingerprint density at radius 3 is 1.25 bits per heavy atom. The third kappa shape index (κ3) is 7.21. The Bertz CT molecular complexity index is 601. The smallest absolute Gasteiger partial charge is 0.224 e. The summed E-state index contributed by atoms with van der Waals surface area (Å²) in [6, 6.07) is 13.6. The molecule has 0 saturated heterocycles. The molecule has 2 amide bonds. The van der Waals surface area contributed by atoms with Crippen LogP contribution >= 0.6 is 24.8 Å². The predicted octanol–water partition coefficient (Wildman–Crippen LogP) is 3.05. The number of halogens is 2. The lowest BCUT2D eigenvalue weighted by molar-refractivity contribution is -0.121. The number of nitrogens with one attached hydrogen (secondary N) is 2. The van der Waals surface area contributed by atoms with E-state index in [1.165, 1.54) is 0 Å². The van der Waals surface area contributed by atoms with E-state index in [4.69, 9.17) is 11.5 Å². The number of amides is 2. The molecule has 0 aliphatic rings. The molecule has 0 bridgehead atoms. The summed E-state index contributed by atoms with van der Waals surface area (Å²) in [4.78, 5) is 23.5. The molecule has 0 atom stereocenters. The average Bonchev–Trinajstić information content (AvgIpc) is 2.50. The van der Waals surface area contributed by atoms with Crippen molar-refractivity contribution in [3.63, 3.8) is 0 Å². The van der Waals surface area contributed by atoms with Gasteiger partial charge in [-0.25, -0.2) is 0 Å². The number of hydrogen-bond acceptors (Lipinski definition) is 4. The second-order valence-corrected chi connectivity index (χ2v) is 4.84. The highest BCUT2D eigenvalue weighted by atomic mass is 35.5. The van der Waals surface area contributed by atoms with E-state index in [0.29, 0.717) is 22.7 Å². The molecule has 2 aromatic carbocycles. The molecule has 6 N–H and O–H groups in total. The minimum absolute atomic E-state index is 0. The van der Waals surface area contributed by atoms with Crippen LogP contribution in [0.15, 0.2) is 48.5 Å². The van der Waals surface area contributed by atoms with Crippen molar-refractivity contribution in [2.24, 2.45) is 0 Å². The molecule has 0 unspecified atom stereocenters. The zero-order valence-electron chi connectivity index (χ0n) is 12.8. The number of carbonyl (C=O) groups excluding carboxylic acids is 2. The van der Waals surface area contributed by atoms with Gasteiger partial charge in [0.2, 0.25) is 11.8 Å². The van der Waals surface area contributed by atoms with Crippen molar-refractivity contribution in [1.82, 2.24) is 0 Å². The van der Waals surface area contributed by atoms with Gasteiger partial charge in [-0.15, -0.1) is 24.8 Å². The van der Waals surface area contributed by atoms with Gasteiger partial charge in [0.05, 0.1) is 0 Å². The second-order valence-electron chi connectivity index (χ2n) is 4.84. The van der Waals surface area contributed by atoms with E-state index in [1.54, 1.807) is 48.5 Å². The van der Waals surface area contributed by atoms with Gasteiger partial charge in [0.25, 0.3) is 0 Å². The molecule has 0 heterocycles. The Balaban J connectivity index is 0.00000264. The number of rotatable bonds is 5. The zero-order chi connectivity index (χ0) is 15.9. The summed E-state index contributed by atoms with van der Waals surface area (Å²) in [5.41, 5.74) is 13.7. The Morgan fingerprint density at radius 1 is 0.667 bits per heavy atom. The van der Waals surface area contributed by atoms with E-state index in [-0.39, 0.29) is 49.5 Å². The highest BCUT2D eigenvalue weighted by molar-refractivity contribution is 5.96. The van der Waals surface area contributed by atoms with Gasteiger partial charge < -0.3 is 22.1 Å². The van der Waals surface area contributed by atoms with Crippen LogP contribution in [0.25, 0.3) is 0 Å². The number of hydrogen-bond donors (Lipinski definition) is 4. The Hall–Kier alpha value is -2.44. The summed E-state index contributed by atoms with van der Waals surface area (Å²) in [6.45, 7) is 0. The van der Waals surface area contributed by atoms with Gasteiger partial charge in [-0.05, 0) is 48.5 Å². The first-order valence-corrected chi connectivity index (χ1v) is 6.84. The number of nitrogen functional groups attached to an aromatic ring is 2. The average molecular weight is 371 g/mol. The summed E-state index contributed by atoms with van der Waals surface area (Å²) in [5.74, 6) is -0.450. The summed E-state index contributed by atoms with van der Waals surface area (Å²) < 4.78 is 0. The van der Waals surface area contributed by atoms with E-state index in [1.807, 2.05) is 0 Å². The van der Waals surface area contributed by atoms with Crippen molar-refractivity contribution in [2.45, 2.75) is 12.8 Å². The van der Waals surface area contributed by atoms with Gasteiger partial charge in [0, 0.05) is 35.6 Å². The maximum atomic E-state index is 11.8. The lowest BCUT2D eigenvalue weighted by Crippen LogP contribution is -2.17. The van der Waals surface area contributed by atoms with Gasteiger partial charge in [-0.2, -0.15) is 0 Å². The maximum absolute atomic E-state index is 11.8. The summed E-state index contributed by atoms with van der Waals surface area (Å²) in [5, 5.41) is 5.41. The first-order valence-electron chi connectivity index (χ1n) is 6.84. The van der Waals surface area contributed by atoms with Crippen LogP contribution in [0.1, 0.15) is 12.8 Å². The van der Waals surface area contributed by atoms with Gasteiger partial charge in [0.1, 0.15) is 0 Å². The fraction of sp³-hybridized carbons (Fsp3) is 0.125. The summed E-state index contributed by atoms with van der Waals surface area (Å²) in [7, 11) is 0. The largest absolute Gasteiger partial charge is 0.399 e. The highest BCUT2D eigenvalue weighted by Crippen LogP contribution is 2.12. The van der Waals surface area contributed by atoms with Crippen molar-refractivity contribution in [1.29, 1.82) is 0 Å². The van der Waals surface area contributed by atoms with Crippen LogP contribution < -0.4 is 22.1 Å². The molecule has 2 rings (SSSR count). The van der Waals surface area contributed by atoms with Crippen molar-refractivity contribution in [3.8, 4) is 0 Å². The Morgan fingerprint density at radius 2 is 0.958 bits per heavy atom. The van der Waals surface area contributed by atoms with Gasteiger partial charge >= 0.3 is 0 Å². The van der Waals surface area contributed by atoms with Crippen molar-refractivity contribution in [3.05, 3.63) is 48.5 Å². The quantitative estimate of drug-likeness (QED) is 0.606. The minimum atomic E-state index is -0.225. The molecule has 0 aromatic heterocycles. The van der Waals surface area contributed by atoms with Crippen molar-refractivity contribution < 1.29 is 9.59 Å². The lowest BCUT2D eigenvalue weighted by Gasteiger charge is -2.07. The maximum Gasteiger partial charge on any atom is 0.224 e. The molecular weight excluding hydrogens is 351 g/mol. The highest BCUT2D eigenvalue weighted by Gasteiger charge is 2.07. The first-order chi connectivity index (χ1) is 10.5. The van der Waals surface area contributed by atoms with Crippen LogP contribution in [-0.2, 0) is 9.59 Å². The zero-order valence-corrected chi connectivity index (χ0v) is 14.5. The van der Waals surface area contributed by atoms with Crippen LogP contribution in [0.4, 0.5) is 22.7 Å². The molecule has 8 heteroatoms. The Labute approximate surface area is 152 Å². The monoisotopic (exact) mass is 370 g/mol. The van der Waals surface area contributed by atoms with Crippen LogP contribution in [0.2, 0.25) is 0 Å². The summed E-state index contributed by atoms with van der Waals surface area (Å²) in [6.07, 6.45) is 0.205. The molecule has 2 aromatic rings. The van der Waals surface area contributed by atoms with Crippen molar-refractivity contribution in [2.75, 3.05) is 22.1 Å². The standard InChI is InChI=1S/C16H18N4O2.2ClH/c17-11-1-5-13(6-2-11)19-15(21)9-10-16(22)20-14-7-3-12(18)4-8-14;;/h1-8H,9-10,17-18H2,(H,19,21)(H,20,22);2*1H. The number of anilines is 4. The molecule has 0 saturated carbocycles. The third-order valence-electron chi connectivity index (χ3n) is 2.97. The first kappa shape index (κ1) is 21.6. The minimum Gasteiger partial charge on any atom is -0.399 e. The van der Waals surface area contributed by atoms with Crippen LogP contribution in [0.3, 0.4) is 0 Å². The van der Waals surface area contributed by atoms with Crippen LogP contribution in [-0.4, -0.2) is 11.8 Å². The van der Waals surface area contributed by atoms with E-state index in [0.717, 1.165) is 0 Å². The molecule has 0 aliphatic heterocycles. The van der Waals surface area contributed by atoms with Crippen molar-refractivity contribution >= 4 is 59.4 Å². The molecule has 0 radical (unpaired) electrons. The molecule has 0 aliphatic carbocycles. The molecule has 0 fully saturated rings.